The van der Waals surface area contributed by atoms with Crippen LogP contribution < -0.4 is 4.74 Å². The van der Waals surface area contributed by atoms with Gasteiger partial charge in [0.2, 0.25) is 0 Å². The van der Waals surface area contributed by atoms with Crippen LogP contribution in [-0.2, 0) is 16.1 Å². The molecule has 2 aromatic carbocycles. The second kappa shape index (κ2) is 8.08. The van der Waals surface area contributed by atoms with Crippen molar-refractivity contribution in [3.63, 3.8) is 0 Å². The fourth-order valence-corrected chi connectivity index (χ4v) is 3.64. The van der Waals surface area contributed by atoms with E-state index in [1.54, 1.807) is 60.7 Å². The van der Waals surface area contributed by atoms with Crippen molar-refractivity contribution in [2.24, 2.45) is 0 Å². The summed E-state index contributed by atoms with van der Waals surface area (Å²) in [6, 6.07) is 16.1. The van der Waals surface area contributed by atoms with Gasteiger partial charge in [0.25, 0.3) is 11.7 Å². The van der Waals surface area contributed by atoms with E-state index in [0.29, 0.717) is 27.7 Å². The molecule has 1 aliphatic heterocycles. The Balaban J connectivity index is 1.84. The highest BCUT2D eigenvalue weighted by atomic mass is 35.5. The summed E-state index contributed by atoms with van der Waals surface area (Å²) in [5.41, 5.74) is 1.07. The first kappa shape index (κ1) is 19.8. The van der Waals surface area contributed by atoms with Gasteiger partial charge in [-0.15, -0.1) is 0 Å². The zero-order chi connectivity index (χ0) is 21.3. The van der Waals surface area contributed by atoms with Gasteiger partial charge in [-0.25, -0.2) is 0 Å². The maximum Gasteiger partial charge on any atom is 0.296 e. The van der Waals surface area contributed by atoms with Crippen LogP contribution in [0.15, 0.2) is 76.9 Å². The lowest BCUT2D eigenvalue weighted by atomic mass is 9.95. The molecule has 0 unspecified atom stereocenters. The molecule has 1 saturated heterocycles. The molecule has 3 aromatic rings. The molecule has 4 rings (SSSR count). The van der Waals surface area contributed by atoms with Gasteiger partial charge in [-0.3, -0.25) is 9.59 Å². The third kappa shape index (κ3) is 3.57. The summed E-state index contributed by atoms with van der Waals surface area (Å²) in [5.74, 6) is -0.575. The molecule has 1 aromatic heterocycles. The lowest BCUT2D eigenvalue weighted by molar-refractivity contribution is -0.140. The summed E-state index contributed by atoms with van der Waals surface area (Å²) in [7, 11) is 1.54. The largest absolute Gasteiger partial charge is 0.507 e. The number of carbonyl (C=O) groups excluding carboxylic acids is 2. The van der Waals surface area contributed by atoms with E-state index >= 15 is 0 Å². The number of aliphatic hydroxyl groups excluding tert-OH is 1. The predicted molar refractivity (Wildman–Crippen MR) is 111 cm³/mol. The number of Topliss-reactive ketones (excluding diaryl/α,β-unsaturated/α-hetero) is 1. The first-order chi connectivity index (χ1) is 14.5. The summed E-state index contributed by atoms with van der Waals surface area (Å²) >= 11 is 6.01. The van der Waals surface area contributed by atoms with Crippen molar-refractivity contribution in [3.05, 3.63) is 94.4 Å². The molecule has 1 amide bonds. The zero-order valence-corrected chi connectivity index (χ0v) is 16.8. The minimum Gasteiger partial charge on any atom is -0.507 e. The summed E-state index contributed by atoms with van der Waals surface area (Å²) < 4.78 is 10.5. The van der Waals surface area contributed by atoms with Crippen LogP contribution in [0.5, 0.6) is 5.75 Å². The molecular formula is C23H18ClNO5. The molecule has 1 fully saturated rings. The number of rotatable bonds is 5. The normalized spacial score (nSPS) is 18.1. The Hall–Kier alpha value is -3.51. The number of likely N-dealkylation sites (tertiary alicyclic amines) is 1. The highest BCUT2D eigenvalue weighted by molar-refractivity contribution is 6.46. The van der Waals surface area contributed by atoms with Crippen LogP contribution in [0, 0.1) is 0 Å². The standard InChI is InChI=1S/C23H18ClNO5/c1-29-17-10-6-15(7-11-17)21(26)19-20(14-4-8-16(24)9-5-14)25(23(28)22(19)27)13-18-3-2-12-30-18/h2-12,20,26H,13H2,1H3/b21-19+/t20-/m0/s1. The zero-order valence-electron chi connectivity index (χ0n) is 16.0. The van der Waals surface area contributed by atoms with Gasteiger partial charge >= 0.3 is 0 Å². The summed E-state index contributed by atoms with van der Waals surface area (Å²) in [5, 5.41) is 11.5. The Bertz CT molecular complexity index is 1100. The fraction of sp³-hybridized carbons (Fsp3) is 0.130. The topological polar surface area (TPSA) is 80.0 Å². The van der Waals surface area contributed by atoms with E-state index in [2.05, 4.69) is 0 Å². The molecule has 1 atom stereocenters. The number of hydrogen-bond acceptors (Lipinski definition) is 5. The van der Waals surface area contributed by atoms with Crippen molar-refractivity contribution in [2.45, 2.75) is 12.6 Å². The number of aliphatic hydroxyl groups is 1. The second-order valence-electron chi connectivity index (χ2n) is 6.79. The van der Waals surface area contributed by atoms with Crippen molar-refractivity contribution < 1.29 is 23.8 Å². The molecule has 0 radical (unpaired) electrons. The van der Waals surface area contributed by atoms with Gasteiger partial charge < -0.3 is 19.2 Å². The molecule has 30 heavy (non-hydrogen) atoms. The van der Waals surface area contributed by atoms with Gasteiger partial charge in [-0.1, -0.05) is 23.7 Å². The molecular weight excluding hydrogens is 406 g/mol. The molecule has 152 valence electrons. The molecule has 0 bridgehead atoms. The molecule has 0 spiro atoms. The Kier molecular flexibility index (Phi) is 5.33. The molecule has 1 aliphatic rings. The van der Waals surface area contributed by atoms with E-state index in [9.17, 15) is 14.7 Å². The Morgan fingerprint density at radius 2 is 1.80 bits per heavy atom. The van der Waals surface area contributed by atoms with Crippen LogP contribution in [0.4, 0.5) is 0 Å². The number of methoxy groups -OCH3 is 1. The molecule has 6 nitrogen and oxygen atoms in total. The number of carbonyl (C=O) groups is 2. The fourth-order valence-electron chi connectivity index (χ4n) is 3.51. The smallest absolute Gasteiger partial charge is 0.296 e. The van der Waals surface area contributed by atoms with Crippen LogP contribution in [0.2, 0.25) is 5.02 Å². The third-order valence-corrected chi connectivity index (χ3v) is 5.25. The maximum absolute atomic E-state index is 12.9. The number of halogens is 1. The number of furan rings is 1. The van der Waals surface area contributed by atoms with Crippen molar-refractivity contribution in [1.82, 2.24) is 4.90 Å². The van der Waals surface area contributed by atoms with Gasteiger partial charge in [0.05, 0.1) is 31.5 Å². The average Bonchev–Trinajstić information content (AvgIpc) is 3.36. The van der Waals surface area contributed by atoms with Crippen LogP contribution >= 0.6 is 11.6 Å². The van der Waals surface area contributed by atoms with E-state index in [1.807, 2.05) is 0 Å². The number of ether oxygens (including phenoxy) is 1. The second-order valence-corrected chi connectivity index (χ2v) is 7.22. The van der Waals surface area contributed by atoms with Crippen LogP contribution in [0.3, 0.4) is 0 Å². The Morgan fingerprint density at radius 1 is 1.10 bits per heavy atom. The number of ketones is 1. The first-order valence-corrected chi connectivity index (χ1v) is 9.58. The van der Waals surface area contributed by atoms with Crippen molar-refractivity contribution >= 4 is 29.1 Å². The lowest BCUT2D eigenvalue weighted by Gasteiger charge is -2.24. The minimum absolute atomic E-state index is 0.0130. The van der Waals surface area contributed by atoms with E-state index in [4.69, 9.17) is 20.8 Å². The molecule has 0 saturated carbocycles. The van der Waals surface area contributed by atoms with E-state index in [-0.39, 0.29) is 17.9 Å². The number of nitrogens with zero attached hydrogens (tertiary/aromatic N) is 1. The number of amides is 1. The van der Waals surface area contributed by atoms with E-state index < -0.39 is 17.7 Å². The summed E-state index contributed by atoms with van der Waals surface area (Å²) in [4.78, 5) is 27.2. The molecule has 2 heterocycles. The first-order valence-electron chi connectivity index (χ1n) is 9.20. The third-order valence-electron chi connectivity index (χ3n) is 5.00. The molecule has 1 N–H and O–H groups in total. The number of benzene rings is 2. The highest BCUT2D eigenvalue weighted by Crippen LogP contribution is 2.40. The summed E-state index contributed by atoms with van der Waals surface area (Å²) in [6.45, 7) is 0.0876. The predicted octanol–water partition coefficient (Wildman–Crippen LogP) is 4.56. The van der Waals surface area contributed by atoms with Crippen molar-refractivity contribution in [2.75, 3.05) is 7.11 Å². The van der Waals surface area contributed by atoms with Gasteiger partial charge in [-0.2, -0.15) is 0 Å². The number of hydrogen-bond donors (Lipinski definition) is 1. The van der Waals surface area contributed by atoms with Gasteiger partial charge in [0.1, 0.15) is 17.3 Å². The van der Waals surface area contributed by atoms with Gasteiger partial charge in [-0.05, 0) is 54.1 Å². The van der Waals surface area contributed by atoms with E-state index in [1.165, 1.54) is 18.3 Å². The summed E-state index contributed by atoms with van der Waals surface area (Å²) in [6.07, 6.45) is 1.50. The SMILES string of the molecule is COc1ccc(/C(O)=C2\C(=O)C(=O)N(Cc3ccco3)[C@H]2c2ccc(Cl)cc2)cc1. The highest BCUT2D eigenvalue weighted by Gasteiger charge is 2.46. The monoisotopic (exact) mass is 423 g/mol. The van der Waals surface area contributed by atoms with E-state index in [0.717, 1.165) is 0 Å². The Morgan fingerprint density at radius 3 is 2.40 bits per heavy atom. The van der Waals surface area contributed by atoms with Gasteiger partial charge in [0.15, 0.2) is 0 Å². The quantitative estimate of drug-likeness (QED) is 0.369. The van der Waals surface area contributed by atoms with Crippen LogP contribution in [0.1, 0.15) is 22.9 Å². The Labute approximate surface area is 177 Å². The van der Waals surface area contributed by atoms with Crippen LogP contribution in [-0.4, -0.2) is 28.8 Å². The molecule has 0 aliphatic carbocycles. The van der Waals surface area contributed by atoms with Crippen molar-refractivity contribution in [3.8, 4) is 5.75 Å². The molecule has 7 heteroatoms. The van der Waals surface area contributed by atoms with Gasteiger partial charge in [0, 0.05) is 10.6 Å². The lowest BCUT2D eigenvalue weighted by Crippen LogP contribution is -2.29. The van der Waals surface area contributed by atoms with Crippen molar-refractivity contribution in [1.29, 1.82) is 0 Å². The minimum atomic E-state index is -0.783. The maximum atomic E-state index is 12.9. The van der Waals surface area contributed by atoms with Crippen LogP contribution in [0.25, 0.3) is 5.76 Å². The average molecular weight is 424 g/mol.